The van der Waals surface area contributed by atoms with Crippen LogP contribution in [0.2, 0.25) is 0 Å². The van der Waals surface area contributed by atoms with Gasteiger partial charge in [0.2, 0.25) is 0 Å². The van der Waals surface area contributed by atoms with Crippen LogP contribution in [0.15, 0.2) is 35.1 Å². The maximum atomic E-state index is 11.7. The summed E-state index contributed by atoms with van der Waals surface area (Å²) in [5.74, 6) is 0.656. The Morgan fingerprint density at radius 2 is 2.00 bits per heavy atom. The molecule has 0 saturated carbocycles. The van der Waals surface area contributed by atoms with Crippen LogP contribution >= 0.6 is 0 Å². The summed E-state index contributed by atoms with van der Waals surface area (Å²) in [5.41, 5.74) is -0.0525. The molecular weight excluding hydrogens is 244 g/mol. The molecule has 1 heterocycles. The van der Waals surface area contributed by atoms with Crippen LogP contribution in [0, 0.1) is 0 Å². The summed E-state index contributed by atoms with van der Waals surface area (Å²) in [7, 11) is 1.57. The normalized spacial score (nSPS) is 11.4. The first-order valence-electron chi connectivity index (χ1n) is 5.89. The topological polar surface area (TPSA) is 75.2 Å². The van der Waals surface area contributed by atoms with Crippen molar-refractivity contribution >= 4 is 0 Å². The van der Waals surface area contributed by atoms with Crippen LogP contribution in [0.5, 0.6) is 5.75 Å². The summed E-state index contributed by atoms with van der Waals surface area (Å²) in [4.78, 5) is 11.7. The van der Waals surface area contributed by atoms with Gasteiger partial charge in [-0.3, -0.25) is 4.79 Å². The molecule has 1 aromatic heterocycles. The van der Waals surface area contributed by atoms with Gasteiger partial charge >= 0.3 is 0 Å². The van der Waals surface area contributed by atoms with Crippen molar-refractivity contribution in [2.45, 2.75) is 19.4 Å². The fourth-order valence-electron chi connectivity index (χ4n) is 1.85. The number of ether oxygens (including phenoxy) is 1. The molecule has 2 aromatic rings. The molecule has 1 aromatic carbocycles. The van der Waals surface area contributed by atoms with E-state index in [0.29, 0.717) is 11.4 Å². The molecule has 0 fully saturated rings. The first-order chi connectivity index (χ1) is 8.93. The lowest BCUT2D eigenvalue weighted by Gasteiger charge is -2.17. The Kier molecular flexibility index (Phi) is 3.40. The number of nitrogens with one attached hydrogen (secondary N) is 1. The summed E-state index contributed by atoms with van der Waals surface area (Å²) in [6.07, 6.45) is 0. The number of aromatic nitrogens is 2. The zero-order chi connectivity index (χ0) is 14.0. The first kappa shape index (κ1) is 13.3. The van der Waals surface area contributed by atoms with Crippen molar-refractivity contribution < 1.29 is 9.84 Å². The molecule has 0 aliphatic rings. The van der Waals surface area contributed by atoms with E-state index in [1.807, 2.05) is 24.3 Å². The first-order valence-corrected chi connectivity index (χ1v) is 5.89. The average Bonchev–Trinajstić information content (AvgIpc) is 2.38. The van der Waals surface area contributed by atoms with Crippen molar-refractivity contribution in [1.29, 1.82) is 0 Å². The summed E-state index contributed by atoms with van der Waals surface area (Å²) >= 11 is 0. The third kappa shape index (κ3) is 2.66. The Labute approximate surface area is 110 Å². The quantitative estimate of drug-likeness (QED) is 0.880. The lowest BCUT2D eigenvalue weighted by Crippen LogP contribution is -2.27. The molecule has 5 heteroatoms. The summed E-state index contributed by atoms with van der Waals surface area (Å²) < 4.78 is 5.26. The number of aliphatic hydroxyl groups is 1. The number of hydrogen-bond acceptors (Lipinski definition) is 4. The lowest BCUT2D eigenvalue weighted by molar-refractivity contribution is 0.0769. The summed E-state index contributed by atoms with van der Waals surface area (Å²) in [6, 6.07) is 8.94. The third-order valence-corrected chi connectivity index (χ3v) is 2.85. The van der Waals surface area contributed by atoms with Gasteiger partial charge in [0, 0.05) is 5.56 Å². The fraction of sp³-hybridized carbons (Fsp3) is 0.286. The molecule has 2 rings (SSSR count). The van der Waals surface area contributed by atoms with Crippen molar-refractivity contribution in [3.63, 3.8) is 0 Å². The smallest absolute Gasteiger partial charge is 0.270 e. The Balaban J connectivity index is 2.62. The van der Waals surface area contributed by atoms with Crippen molar-refractivity contribution in [3.8, 4) is 17.0 Å². The molecule has 0 bridgehead atoms. The molecule has 0 amide bonds. The molecule has 0 saturated heterocycles. The highest BCUT2D eigenvalue weighted by Gasteiger charge is 2.21. The van der Waals surface area contributed by atoms with Gasteiger partial charge in [0.15, 0.2) is 0 Å². The van der Waals surface area contributed by atoms with Crippen LogP contribution in [-0.2, 0) is 5.60 Å². The molecule has 5 nitrogen and oxygen atoms in total. The van der Waals surface area contributed by atoms with Crippen molar-refractivity contribution in [2.75, 3.05) is 7.11 Å². The van der Waals surface area contributed by atoms with Crippen LogP contribution in [0.25, 0.3) is 11.3 Å². The molecule has 100 valence electrons. The number of aromatic amines is 1. The number of nitrogens with zero attached hydrogens (tertiary/aromatic N) is 1. The summed E-state index contributed by atoms with van der Waals surface area (Å²) in [5, 5.41) is 16.4. The summed E-state index contributed by atoms with van der Waals surface area (Å²) in [6.45, 7) is 3.12. The largest absolute Gasteiger partial charge is 0.496 e. The SMILES string of the molecule is COc1ccccc1-c1cc(C(C)(C)O)c(=O)[nH]n1. The highest BCUT2D eigenvalue weighted by atomic mass is 16.5. The van der Waals surface area contributed by atoms with Gasteiger partial charge in [-0.1, -0.05) is 12.1 Å². The van der Waals surface area contributed by atoms with Gasteiger partial charge < -0.3 is 9.84 Å². The van der Waals surface area contributed by atoms with Crippen LogP contribution in [0.3, 0.4) is 0 Å². The van der Waals surface area contributed by atoms with Crippen LogP contribution < -0.4 is 10.3 Å². The molecule has 0 unspecified atom stereocenters. The van der Waals surface area contributed by atoms with Crippen LogP contribution in [-0.4, -0.2) is 22.4 Å². The molecule has 0 atom stereocenters. The molecule has 0 aliphatic heterocycles. The van der Waals surface area contributed by atoms with Gasteiger partial charge in [-0.25, -0.2) is 5.10 Å². The zero-order valence-corrected chi connectivity index (χ0v) is 11.1. The number of para-hydroxylation sites is 1. The average molecular weight is 260 g/mol. The second kappa shape index (κ2) is 4.85. The minimum Gasteiger partial charge on any atom is -0.496 e. The number of H-pyrrole nitrogens is 1. The van der Waals surface area contributed by atoms with E-state index in [2.05, 4.69) is 10.2 Å². The Morgan fingerprint density at radius 1 is 1.32 bits per heavy atom. The molecule has 0 aliphatic carbocycles. The van der Waals surface area contributed by atoms with E-state index >= 15 is 0 Å². The second-order valence-electron chi connectivity index (χ2n) is 4.76. The van der Waals surface area contributed by atoms with Gasteiger partial charge in [0.25, 0.3) is 5.56 Å². The zero-order valence-electron chi connectivity index (χ0n) is 11.1. The van der Waals surface area contributed by atoms with E-state index in [0.717, 1.165) is 5.56 Å². The molecule has 19 heavy (non-hydrogen) atoms. The maximum absolute atomic E-state index is 11.7. The standard InChI is InChI=1S/C14H16N2O3/c1-14(2,18)10-8-11(15-16-13(10)17)9-6-4-5-7-12(9)19-3/h4-8,18H,1-3H3,(H,16,17). The van der Waals surface area contributed by atoms with E-state index in [4.69, 9.17) is 4.74 Å². The molecule has 2 N–H and O–H groups in total. The predicted molar refractivity (Wildman–Crippen MR) is 72.1 cm³/mol. The molecule has 0 spiro atoms. The van der Waals surface area contributed by atoms with E-state index in [1.54, 1.807) is 27.0 Å². The van der Waals surface area contributed by atoms with E-state index < -0.39 is 11.2 Å². The van der Waals surface area contributed by atoms with Gasteiger partial charge in [-0.2, -0.15) is 5.10 Å². The van der Waals surface area contributed by atoms with Gasteiger partial charge in [-0.05, 0) is 32.0 Å². The van der Waals surface area contributed by atoms with E-state index in [9.17, 15) is 9.90 Å². The van der Waals surface area contributed by atoms with Gasteiger partial charge in [-0.15, -0.1) is 0 Å². The van der Waals surface area contributed by atoms with Gasteiger partial charge in [0.05, 0.1) is 24.0 Å². The van der Waals surface area contributed by atoms with Crippen molar-refractivity contribution in [3.05, 3.63) is 46.2 Å². The number of rotatable bonds is 3. The minimum atomic E-state index is -1.23. The van der Waals surface area contributed by atoms with Crippen molar-refractivity contribution in [1.82, 2.24) is 10.2 Å². The maximum Gasteiger partial charge on any atom is 0.270 e. The highest BCUT2D eigenvalue weighted by molar-refractivity contribution is 5.67. The molecule has 0 radical (unpaired) electrons. The van der Waals surface area contributed by atoms with E-state index in [-0.39, 0.29) is 5.56 Å². The van der Waals surface area contributed by atoms with Crippen LogP contribution in [0.1, 0.15) is 19.4 Å². The molecular formula is C14H16N2O3. The minimum absolute atomic E-state index is 0.267. The Hall–Kier alpha value is -2.14. The number of methoxy groups -OCH3 is 1. The Morgan fingerprint density at radius 3 is 2.63 bits per heavy atom. The van der Waals surface area contributed by atoms with Crippen LogP contribution in [0.4, 0.5) is 0 Å². The Bertz CT molecular complexity index is 642. The monoisotopic (exact) mass is 260 g/mol. The second-order valence-corrected chi connectivity index (χ2v) is 4.76. The third-order valence-electron chi connectivity index (χ3n) is 2.85. The predicted octanol–water partition coefficient (Wildman–Crippen LogP) is 1.67. The highest BCUT2D eigenvalue weighted by Crippen LogP contribution is 2.28. The fourth-order valence-corrected chi connectivity index (χ4v) is 1.85. The number of hydrogen-bond donors (Lipinski definition) is 2. The lowest BCUT2D eigenvalue weighted by atomic mass is 9.98. The van der Waals surface area contributed by atoms with E-state index in [1.165, 1.54) is 0 Å². The van der Waals surface area contributed by atoms with Gasteiger partial charge in [0.1, 0.15) is 5.75 Å². The number of benzene rings is 1. The van der Waals surface area contributed by atoms with Crippen molar-refractivity contribution in [2.24, 2.45) is 0 Å².